The third-order valence-electron chi connectivity index (χ3n) is 6.71. The molecule has 3 aliphatic carbocycles. The molecule has 4 atom stereocenters. The highest BCUT2D eigenvalue weighted by Gasteiger charge is 2.89. The van der Waals surface area contributed by atoms with Gasteiger partial charge in [-0.2, -0.15) is 0 Å². The molecule has 0 aliphatic heterocycles. The van der Waals surface area contributed by atoms with Gasteiger partial charge in [-0.3, -0.25) is 0 Å². The Hall–Kier alpha value is -2.60. The van der Waals surface area contributed by atoms with Crippen LogP contribution in [0.1, 0.15) is 19.3 Å². The molecule has 0 bridgehead atoms. The van der Waals surface area contributed by atoms with Crippen molar-refractivity contribution in [3.8, 4) is 5.75 Å². The van der Waals surface area contributed by atoms with Crippen LogP contribution in [0.25, 0.3) is 10.9 Å². The Morgan fingerprint density at radius 2 is 2.14 bits per heavy atom. The SMILES string of the molecule is Nc1cc2c(Nc3ccc(F)c(Cl)c3)ncnc2cc1OC1C2C3CCCC312. The van der Waals surface area contributed by atoms with Crippen molar-refractivity contribution in [3.63, 3.8) is 0 Å². The molecule has 1 heterocycles. The van der Waals surface area contributed by atoms with Gasteiger partial charge in [0.1, 0.15) is 29.8 Å². The van der Waals surface area contributed by atoms with E-state index in [9.17, 15) is 4.39 Å². The number of fused-ring (bicyclic) bond motifs is 2. The van der Waals surface area contributed by atoms with Crippen molar-refractivity contribution >= 4 is 39.7 Å². The molecule has 6 rings (SSSR count). The summed E-state index contributed by atoms with van der Waals surface area (Å²) in [5.41, 5.74) is 8.69. The van der Waals surface area contributed by atoms with Gasteiger partial charge in [0, 0.05) is 28.5 Å². The summed E-state index contributed by atoms with van der Waals surface area (Å²) >= 11 is 5.87. The van der Waals surface area contributed by atoms with E-state index < -0.39 is 5.82 Å². The summed E-state index contributed by atoms with van der Waals surface area (Å²) in [4.78, 5) is 8.67. The fraction of sp³-hybridized carbons (Fsp3) is 0.333. The average Bonchev–Trinajstić information content (AvgIpc) is 3.47. The van der Waals surface area contributed by atoms with Crippen LogP contribution in [0.2, 0.25) is 5.02 Å². The Balaban J connectivity index is 1.30. The van der Waals surface area contributed by atoms with E-state index in [1.165, 1.54) is 37.7 Å². The summed E-state index contributed by atoms with van der Waals surface area (Å²) in [6.07, 6.45) is 5.77. The van der Waals surface area contributed by atoms with Gasteiger partial charge in [0.15, 0.2) is 0 Å². The van der Waals surface area contributed by atoms with E-state index >= 15 is 0 Å². The molecule has 5 nitrogen and oxygen atoms in total. The zero-order valence-electron chi connectivity index (χ0n) is 15.0. The van der Waals surface area contributed by atoms with E-state index in [4.69, 9.17) is 22.1 Å². The van der Waals surface area contributed by atoms with Gasteiger partial charge in [0.2, 0.25) is 0 Å². The van der Waals surface area contributed by atoms with Crippen molar-refractivity contribution in [2.45, 2.75) is 25.4 Å². The Kier molecular flexibility index (Phi) is 3.20. The Bertz CT molecular complexity index is 1140. The highest BCUT2D eigenvalue weighted by Crippen LogP contribution is 2.86. The van der Waals surface area contributed by atoms with Crippen LogP contribution in [0.5, 0.6) is 5.75 Å². The lowest BCUT2D eigenvalue weighted by atomic mass is 10.1. The average molecular weight is 397 g/mol. The van der Waals surface area contributed by atoms with Crippen LogP contribution >= 0.6 is 11.6 Å². The van der Waals surface area contributed by atoms with Crippen molar-refractivity contribution in [2.75, 3.05) is 11.1 Å². The van der Waals surface area contributed by atoms with Gasteiger partial charge >= 0.3 is 0 Å². The Morgan fingerprint density at radius 1 is 1.25 bits per heavy atom. The largest absolute Gasteiger partial charge is 0.487 e. The number of nitrogens with zero attached hydrogens (tertiary/aromatic N) is 2. The number of nitrogen functional groups attached to an aromatic ring is 1. The minimum absolute atomic E-state index is 0.0474. The molecule has 3 N–H and O–H groups in total. The monoisotopic (exact) mass is 396 g/mol. The predicted molar refractivity (Wildman–Crippen MR) is 106 cm³/mol. The maximum atomic E-state index is 13.4. The van der Waals surface area contributed by atoms with E-state index in [0.29, 0.717) is 34.5 Å². The molecule has 142 valence electrons. The standard InChI is InChI=1S/C21H18ClFN4O/c22-13-6-10(3-4-14(13)23)27-20-11-7-15(24)17(8-16(11)25-9-26-20)28-19-18-12-2-1-5-21(12,18)19/h3-4,6-9,12,18-19H,1-2,5,24H2,(H,25,26,27). The molecule has 1 spiro atoms. The van der Waals surface area contributed by atoms with Crippen LogP contribution in [-0.4, -0.2) is 16.1 Å². The molecule has 3 aromatic rings. The van der Waals surface area contributed by atoms with Gasteiger partial charge in [0.25, 0.3) is 0 Å². The number of ether oxygens (including phenoxy) is 1. The molecule has 0 radical (unpaired) electrons. The van der Waals surface area contributed by atoms with Crippen LogP contribution in [-0.2, 0) is 0 Å². The molecule has 1 aromatic heterocycles. The van der Waals surface area contributed by atoms with E-state index in [-0.39, 0.29) is 5.02 Å². The lowest BCUT2D eigenvalue weighted by Crippen LogP contribution is -2.17. The third-order valence-corrected chi connectivity index (χ3v) is 7.00. The fourth-order valence-electron chi connectivity index (χ4n) is 5.23. The number of anilines is 3. The maximum Gasteiger partial charge on any atom is 0.144 e. The molecule has 4 unspecified atom stereocenters. The second kappa shape index (κ2) is 5.47. The van der Waals surface area contributed by atoms with Gasteiger partial charge in [-0.05, 0) is 43.0 Å². The molecule has 0 saturated heterocycles. The zero-order valence-corrected chi connectivity index (χ0v) is 15.7. The highest BCUT2D eigenvalue weighted by atomic mass is 35.5. The highest BCUT2D eigenvalue weighted by molar-refractivity contribution is 6.31. The number of nitrogens with one attached hydrogen (secondary N) is 1. The minimum atomic E-state index is -0.465. The topological polar surface area (TPSA) is 73.1 Å². The van der Waals surface area contributed by atoms with Gasteiger partial charge in [-0.15, -0.1) is 0 Å². The maximum absolute atomic E-state index is 13.4. The second-order valence-electron chi connectivity index (χ2n) is 8.06. The number of hydrogen-bond donors (Lipinski definition) is 2. The molecule has 3 fully saturated rings. The van der Waals surface area contributed by atoms with Crippen molar-refractivity contribution in [1.82, 2.24) is 9.97 Å². The van der Waals surface area contributed by atoms with Gasteiger partial charge < -0.3 is 15.8 Å². The quantitative estimate of drug-likeness (QED) is 0.612. The summed E-state index contributed by atoms with van der Waals surface area (Å²) in [7, 11) is 0. The van der Waals surface area contributed by atoms with Crippen molar-refractivity contribution in [2.24, 2.45) is 17.3 Å². The van der Waals surface area contributed by atoms with Crippen molar-refractivity contribution < 1.29 is 9.13 Å². The van der Waals surface area contributed by atoms with Crippen LogP contribution in [0.3, 0.4) is 0 Å². The van der Waals surface area contributed by atoms with Gasteiger partial charge in [0.05, 0.1) is 16.2 Å². The van der Waals surface area contributed by atoms with Gasteiger partial charge in [-0.1, -0.05) is 18.0 Å². The van der Waals surface area contributed by atoms with Crippen LogP contribution in [0, 0.1) is 23.1 Å². The third kappa shape index (κ3) is 2.18. The van der Waals surface area contributed by atoms with Gasteiger partial charge in [-0.25, -0.2) is 14.4 Å². The van der Waals surface area contributed by atoms with Crippen LogP contribution in [0.4, 0.5) is 21.6 Å². The molecule has 3 saturated carbocycles. The summed E-state index contributed by atoms with van der Waals surface area (Å²) in [5.74, 6) is 2.43. The van der Waals surface area contributed by atoms with Crippen molar-refractivity contribution in [3.05, 3.63) is 47.5 Å². The predicted octanol–water partition coefficient (Wildman–Crippen LogP) is 4.93. The van der Waals surface area contributed by atoms with Crippen LogP contribution in [0.15, 0.2) is 36.7 Å². The number of hydrogen-bond acceptors (Lipinski definition) is 5. The van der Waals surface area contributed by atoms with E-state index in [1.807, 2.05) is 12.1 Å². The first-order valence-corrected chi connectivity index (χ1v) is 9.89. The lowest BCUT2D eigenvalue weighted by molar-refractivity contribution is 0.193. The van der Waals surface area contributed by atoms with E-state index in [1.54, 1.807) is 6.07 Å². The van der Waals surface area contributed by atoms with Crippen molar-refractivity contribution in [1.29, 1.82) is 0 Å². The zero-order chi connectivity index (χ0) is 19.0. The summed E-state index contributed by atoms with van der Waals surface area (Å²) < 4.78 is 19.6. The lowest BCUT2D eigenvalue weighted by Gasteiger charge is -2.17. The van der Waals surface area contributed by atoms with E-state index in [0.717, 1.165) is 22.7 Å². The number of nitrogens with two attached hydrogens (primary N) is 1. The molecular formula is C21H18ClFN4O. The molecule has 2 aromatic carbocycles. The first kappa shape index (κ1) is 16.4. The first-order valence-electron chi connectivity index (χ1n) is 9.51. The second-order valence-corrected chi connectivity index (χ2v) is 8.47. The molecule has 3 aliphatic rings. The molecule has 28 heavy (non-hydrogen) atoms. The minimum Gasteiger partial charge on any atom is -0.487 e. The Labute approximate surface area is 166 Å². The summed E-state index contributed by atoms with van der Waals surface area (Å²) in [6.45, 7) is 0. The molecular weight excluding hydrogens is 379 g/mol. The Morgan fingerprint density at radius 3 is 2.93 bits per heavy atom. The number of halogens is 2. The molecule has 7 heteroatoms. The smallest absolute Gasteiger partial charge is 0.144 e. The van der Waals surface area contributed by atoms with E-state index in [2.05, 4.69) is 15.3 Å². The summed E-state index contributed by atoms with van der Waals surface area (Å²) in [5, 5.41) is 3.98. The number of aromatic nitrogens is 2. The first-order chi connectivity index (χ1) is 13.6. The normalized spacial score (nSPS) is 29.3. The number of benzene rings is 2. The van der Waals surface area contributed by atoms with Crippen LogP contribution < -0.4 is 15.8 Å². The molecule has 0 amide bonds. The summed E-state index contributed by atoms with van der Waals surface area (Å²) in [6, 6.07) is 8.14. The number of rotatable bonds is 4. The fourth-order valence-corrected chi connectivity index (χ4v) is 5.41.